The van der Waals surface area contributed by atoms with Gasteiger partial charge in [-0.15, -0.1) is 0 Å². The number of carbonyl (C=O) groups is 5. The Balaban J connectivity index is 1.56. The van der Waals surface area contributed by atoms with Gasteiger partial charge in [-0.3, -0.25) is 38.9 Å². The van der Waals surface area contributed by atoms with Crippen molar-refractivity contribution in [1.82, 2.24) is 10.2 Å². The predicted octanol–water partition coefficient (Wildman–Crippen LogP) is 0.847. The molecule has 0 spiro atoms. The van der Waals surface area contributed by atoms with E-state index >= 15 is 0 Å². The number of hydrogen-bond donors (Lipinski definition) is 3. The predicted molar refractivity (Wildman–Crippen MR) is 115 cm³/mol. The van der Waals surface area contributed by atoms with Crippen molar-refractivity contribution in [1.29, 1.82) is 0 Å². The first-order chi connectivity index (χ1) is 15.6. The highest BCUT2D eigenvalue weighted by Gasteiger charge is 2.44. The minimum Gasteiger partial charge on any atom is -0.326 e. The Morgan fingerprint density at radius 1 is 0.970 bits per heavy atom. The average Bonchev–Trinajstić information content (AvgIpc) is 2.98. The van der Waals surface area contributed by atoms with Crippen molar-refractivity contribution in [2.45, 2.75) is 30.7 Å². The third-order valence-electron chi connectivity index (χ3n) is 5.18. The van der Waals surface area contributed by atoms with Crippen LogP contribution in [0.1, 0.15) is 40.5 Å². The maximum Gasteiger partial charge on any atom is 0.262 e. The van der Waals surface area contributed by atoms with Crippen molar-refractivity contribution in [3.8, 4) is 0 Å². The Morgan fingerprint density at radius 2 is 1.61 bits per heavy atom. The fraction of sp³-hybridized carbons (Fsp3) is 0.190. The quantitative estimate of drug-likeness (QED) is 0.546. The van der Waals surface area contributed by atoms with E-state index < -0.39 is 39.7 Å². The van der Waals surface area contributed by atoms with Crippen LogP contribution in [-0.4, -0.2) is 48.9 Å². The summed E-state index contributed by atoms with van der Waals surface area (Å²) in [5, 5.41) is 4.64. The highest BCUT2D eigenvalue weighted by Crippen LogP contribution is 2.30. The van der Waals surface area contributed by atoms with Crippen LogP contribution in [0.2, 0.25) is 0 Å². The van der Waals surface area contributed by atoms with Crippen molar-refractivity contribution < 1.29 is 32.4 Å². The fourth-order valence-electron chi connectivity index (χ4n) is 3.67. The van der Waals surface area contributed by atoms with Gasteiger partial charge >= 0.3 is 0 Å². The van der Waals surface area contributed by atoms with E-state index in [-0.39, 0.29) is 40.5 Å². The molecule has 170 valence electrons. The number of nitrogens with zero attached hydrogens (tertiary/aromatic N) is 1. The number of amides is 5. The van der Waals surface area contributed by atoms with Crippen LogP contribution in [0.15, 0.2) is 47.4 Å². The van der Waals surface area contributed by atoms with Gasteiger partial charge in [0.1, 0.15) is 6.04 Å². The number of anilines is 2. The Labute approximate surface area is 188 Å². The Bertz CT molecular complexity index is 1320. The monoisotopic (exact) mass is 470 g/mol. The lowest BCUT2D eigenvalue weighted by Gasteiger charge is -2.27. The van der Waals surface area contributed by atoms with Crippen molar-refractivity contribution >= 4 is 50.9 Å². The van der Waals surface area contributed by atoms with Crippen molar-refractivity contribution in [2.24, 2.45) is 0 Å². The summed E-state index contributed by atoms with van der Waals surface area (Å²) in [5.41, 5.74) is 0.459. The number of rotatable bonds is 5. The lowest BCUT2D eigenvalue weighted by Crippen LogP contribution is -2.54. The molecule has 2 aromatic rings. The minimum atomic E-state index is -4.03. The number of sulfonamides is 1. The topological polar surface area (TPSA) is 159 Å². The van der Waals surface area contributed by atoms with Gasteiger partial charge in [0.05, 0.1) is 16.0 Å². The van der Waals surface area contributed by atoms with Crippen LogP contribution < -0.4 is 15.4 Å². The Morgan fingerprint density at radius 3 is 2.24 bits per heavy atom. The van der Waals surface area contributed by atoms with E-state index in [1.54, 1.807) is 0 Å². The summed E-state index contributed by atoms with van der Waals surface area (Å²) in [6, 6.07) is 8.22. The molecular weight excluding hydrogens is 452 g/mol. The molecule has 0 bridgehead atoms. The molecule has 4 rings (SSSR count). The molecular formula is C21H18N4O7S. The maximum atomic E-state index is 12.9. The van der Waals surface area contributed by atoms with Gasteiger partial charge in [-0.05, 0) is 48.9 Å². The average molecular weight is 470 g/mol. The summed E-state index contributed by atoms with van der Waals surface area (Å²) in [5.74, 6) is -2.94. The lowest BCUT2D eigenvalue weighted by molar-refractivity contribution is -0.136. The third-order valence-corrected chi connectivity index (χ3v) is 6.57. The van der Waals surface area contributed by atoms with Crippen LogP contribution in [0.3, 0.4) is 0 Å². The molecule has 3 N–H and O–H groups in total. The molecule has 1 unspecified atom stereocenters. The van der Waals surface area contributed by atoms with Crippen LogP contribution in [-0.2, 0) is 24.4 Å². The fourth-order valence-corrected chi connectivity index (χ4v) is 4.72. The molecule has 2 aliphatic rings. The molecule has 33 heavy (non-hydrogen) atoms. The van der Waals surface area contributed by atoms with Crippen LogP contribution >= 0.6 is 0 Å². The van der Waals surface area contributed by atoms with Gasteiger partial charge < -0.3 is 5.32 Å². The smallest absolute Gasteiger partial charge is 0.262 e. The van der Waals surface area contributed by atoms with Gasteiger partial charge in [0.15, 0.2) is 0 Å². The zero-order chi connectivity index (χ0) is 23.9. The minimum absolute atomic E-state index is 0.00438. The Hall–Kier alpha value is -4.06. The van der Waals surface area contributed by atoms with Gasteiger partial charge in [0.25, 0.3) is 21.8 Å². The molecule has 1 fully saturated rings. The second kappa shape index (κ2) is 8.13. The summed E-state index contributed by atoms with van der Waals surface area (Å²) in [7, 11) is -4.03. The largest absolute Gasteiger partial charge is 0.326 e. The Kier molecular flexibility index (Phi) is 5.46. The second-order valence-corrected chi connectivity index (χ2v) is 9.20. The molecule has 5 amide bonds. The summed E-state index contributed by atoms with van der Waals surface area (Å²) >= 11 is 0. The van der Waals surface area contributed by atoms with Gasteiger partial charge in [-0.25, -0.2) is 8.42 Å². The van der Waals surface area contributed by atoms with E-state index in [1.165, 1.54) is 49.4 Å². The number of hydrogen-bond acceptors (Lipinski definition) is 7. The van der Waals surface area contributed by atoms with Gasteiger partial charge in [-0.1, -0.05) is 0 Å². The van der Waals surface area contributed by atoms with Crippen molar-refractivity contribution in [2.75, 3.05) is 10.0 Å². The molecule has 11 nitrogen and oxygen atoms in total. The number of carbonyl (C=O) groups excluding carboxylic acids is 5. The summed E-state index contributed by atoms with van der Waals surface area (Å²) in [6.07, 6.45) is 0.0136. The van der Waals surface area contributed by atoms with Crippen molar-refractivity contribution in [3.63, 3.8) is 0 Å². The van der Waals surface area contributed by atoms with Gasteiger partial charge in [0.2, 0.25) is 17.7 Å². The standard InChI is InChI=1S/C21H18N4O7S/c1-11(26)22-12-2-5-14(6-3-12)33(31,32)24-13-4-7-15-16(10-13)21(30)25(20(15)29)17-8-9-18(27)23-19(17)28/h2-7,10,17,24H,8-9H2,1H3,(H,22,26)(H,23,27,28). The zero-order valence-electron chi connectivity index (χ0n) is 17.2. The normalized spacial score (nSPS) is 18.1. The molecule has 2 aromatic carbocycles. The van der Waals surface area contributed by atoms with E-state index in [9.17, 15) is 32.4 Å². The first-order valence-electron chi connectivity index (χ1n) is 9.83. The van der Waals surface area contributed by atoms with Crippen LogP contribution in [0.4, 0.5) is 11.4 Å². The van der Waals surface area contributed by atoms with Gasteiger partial charge in [0, 0.05) is 24.7 Å². The number of benzene rings is 2. The van der Waals surface area contributed by atoms with Crippen LogP contribution in [0, 0.1) is 0 Å². The molecule has 0 radical (unpaired) electrons. The van der Waals surface area contributed by atoms with Gasteiger partial charge in [-0.2, -0.15) is 0 Å². The number of imide groups is 2. The number of nitrogens with one attached hydrogen (secondary N) is 3. The molecule has 1 atom stereocenters. The summed E-state index contributed by atoms with van der Waals surface area (Å²) < 4.78 is 27.8. The molecule has 0 aromatic heterocycles. The van der Waals surface area contributed by atoms with E-state index in [0.717, 1.165) is 4.90 Å². The van der Waals surface area contributed by atoms with Crippen molar-refractivity contribution in [3.05, 3.63) is 53.6 Å². The van der Waals surface area contributed by atoms with Crippen LogP contribution in [0.25, 0.3) is 0 Å². The van der Waals surface area contributed by atoms with E-state index in [4.69, 9.17) is 0 Å². The molecule has 0 aliphatic carbocycles. The number of fused-ring (bicyclic) bond motifs is 1. The highest BCUT2D eigenvalue weighted by atomic mass is 32.2. The van der Waals surface area contributed by atoms with E-state index in [1.807, 2.05) is 0 Å². The molecule has 0 saturated carbocycles. The lowest BCUT2D eigenvalue weighted by atomic mass is 10.0. The first-order valence-corrected chi connectivity index (χ1v) is 11.3. The van der Waals surface area contributed by atoms with E-state index in [2.05, 4.69) is 15.4 Å². The maximum absolute atomic E-state index is 12.9. The SMILES string of the molecule is CC(=O)Nc1ccc(S(=O)(=O)Nc2ccc3c(c2)C(=O)N(C2CCC(=O)NC2=O)C3=O)cc1. The first kappa shape index (κ1) is 22.1. The molecule has 2 aliphatic heterocycles. The zero-order valence-corrected chi connectivity index (χ0v) is 18.1. The second-order valence-electron chi connectivity index (χ2n) is 7.52. The molecule has 1 saturated heterocycles. The highest BCUT2D eigenvalue weighted by molar-refractivity contribution is 7.92. The van der Waals surface area contributed by atoms with Crippen LogP contribution in [0.5, 0.6) is 0 Å². The molecule has 12 heteroatoms. The molecule has 2 heterocycles. The summed E-state index contributed by atoms with van der Waals surface area (Å²) in [6.45, 7) is 1.33. The van der Waals surface area contributed by atoms with E-state index in [0.29, 0.717) is 5.69 Å². The summed E-state index contributed by atoms with van der Waals surface area (Å²) in [4.78, 5) is 60.9. The number of piperidine rings is 1. The third kappa shape index (κ3) is 4.20.